The van der Waals surface area contributed by atoms with E-state index >= 15 is 0 Å². The molecule has 1 aliphatic heterocycles. The minimum absolute atomic E-state index is 0.173. The lowest BCUT2D eigenvalue weighted by atomic mass is 10.0. The van der Waals surface area contributed by atoms with Crippen LogP contribution in [0.4, 0.5) is 11.4 Å². The lowest BCUT2D eigenvalue weighted by Gasteiger charge is -2.17. The van der Waals surface area contributed by atoms with Crippen molar-refractivity contribution < 1.29 is 17.7 Å². The summed E-state index contributed by atoms with van der Waals surface area (Å²) in [6.45, 7) is 4.76. The van der Waals surface area contributed by atoms with Crippen molar-refractivity contribution in [1.82, 2.24) is 10.1 Å². The Morgan fingerprint density at radius 1 is 1.12 bits per heavy atom. The third kappa shape index (κ3) is 4.99. The van der Waals surface area contributed by atoms with E-state index in [-0.39, 0.29) is 18.1 Å². The number of carbonyl (C=O) groups excluding carboxylic acids is 1. The smallest absolute Gasteiger partial charge is 0.235 e. The molecule has 0 radical (unpaired) electrons. The molecule has 0 atom stereocenters. The molecule has 1 N–H and O–H groups in total. The van der Waals surface area contributed by atoms with Gasteiger partial charge in [-0.15, -0.1) is 0 Å². The van der Waals surface area contributed by atoms with E-state index < -0.39 is 10.0 Å². The Hall–Kier alpha value is -3.20. The third-order valence-electron chi connectivity index (χ3n) is 5.41. The predicted octanol–water partition coefficient (Wildman–Crippen LogP) is 3.97. The van der Waals surface area contributed by atoms with Gasteiger partial charge in [-0.1, -0.05) is 43.3 Å². The van der Waals surface area contributed by atoms with Crippen LogP contribution in [0.2, 0.25) is 0 Å². The van der Waals surface area contributed by atoms with Crippen molar-refractivity contribution in [2.45, 2.75) is 39.0 Å². The highest BCUT2D eigenvalue weighted by Crippen LogP contribution is 2.25. The second kappa shape index (κ2) is 9.12. The van der Waals surface area contributed by atoms with Crippen molar-refractivity contribution in [2.24, 2.45) is 0 Å². The molecule has 2 aromatic carbocycles. The van der Waals surface area contributed by atoms with E-state index in [0.29, 0.717) is 48.4 Å². The number of rotatable bonds is 7. The van der Waals surface area contributed by atoms with Gasteiger partial charge in [0.2, 0.25) is 27.6 Å². The highest BCUT2D eigenvalue weighted by atomic mass is 32.2. The Labute approximate surface area is 187 Å². The summed E-state index contributed by atoms with van der Waals surface area (Å²) in [6, 6.07) is 14.8. The molecule has 32 heavy (non-hydrogen) atoms. The fraction of sp³-hybridized carbons (Fsp3) is 0.348. The number of carbonyl (C=O) groups is 1. The van der Waals surface area contributed by atoms with Crippen molar-refractivity contribution in [3.8, 4) is 11.4 Å². The molecule has 3 aromatic rings. The van der Waals surface area contributed by atoms with Gasteiger partial charge in [-0.25, -0.2) is 8.42 Å². The minimum Gasteiger partial charge on any atom is -0.339 e. The van der Waals surface area contributed by atoms with Crippen molar-refractivity contribution in [2.75, 3.05) is 21.9 Å². The SMILES string of the molecule is CC(C)c1ccc(-c2noc(CCC(=O)Nc3ccc(N4CCCS4(=O)=O)cc3)n2)cc1. The van der Waals surface area contributed by atoms with E-state index in [9.17, 15) is 13.2 Å². The summed E-state index contributed by atoms with van der Waals surface area (Å²) in [7, 11) is -3.22. The fourth-order valence-corrected chi connectivity index (χ4v) is 5.14. The highest BCUT2D eigenvalue weighted by molar-refractivity contribution is 7.93. The van der Waals surface area contributed by atoms with Crippen LogP contribution in [-0.2, 0) is 21.2 Å². The first-order valence-electron chi connectivity index (χ1n) is 10.6. The average Bonchev–Trinajstić information content (AvgIpc) is 3.39. The third-order valence-corrected chi connectivity index (χ3v) is 7.28. The molecule has 168 valence electrons. The molecule has 0 bridgehead atoms. The quantitative estimate of drug-likeness (QED) is 0.579. The molecule has 2 heterocycles. The summed E-state index contributed by atoms with van der Waals surface area (Å²) in [5.41, 5.74) is 3.32. The minimum atomic E-state index is -3.22. The van der Waals surface area contributed by atoms with E-state index in [2.05, 4.69) is 29.3 Å². The van der Waals surface area contributed by atoms with Crippen LogP contribution in [0.5, 0.6) is 0 Å². The Morgan fingerprint density at radius 2 is 1.84 bits per heavy atom. The van der Waals surface area contributed by atoms with Gasteiger partial charge in [0, 0.05) is 30.6 Å². The summed E-state index contributed by atoms with van der Waals surface area (Å²) in [5.74, 6) is 1.34. The zero-order valence-corrected chi connectivity index (χ0v) is 18.9. The first-order chi connectivity index (χ1) is 15.3. The maximum Gasteiger partial charge on any atom is 0.235 e. The zero-order valence-electron chi connectivity index (χ0n) is 18.1. The standard InChI is InChI=1S/C23H26N4O4S/c1-16(2)17-4-6-18(7-5-17)23-25-22(31-26-23)13-12-21(28)24-19-8-10-20(11-9-19)27-14-3-15-32(27,29)30/h4-11,16H,3,12-15H2,1-2H3,(H,24,28). The molecule has 1 amide bonds. The van der Waals surface area contributed by atoms with Gasteiger partial charge in [-0.2, -0.15) is 4.98 Å². The van der Waals surface area contributed by atoms with Crippen LogP contribution in [0, 0.1) is 0 Å². The predicted molar refractivity (Wildman–Crippen MR) is 123 cm³/mol. The molecule has 1 fully saturated rings. The topological polar surface area (TPSA) is 105 Å². The van der Waals surface area contributed by atoms with Crippen LogP contribution in [0.3, 0.4) is 0 Å². The first-order valence-corrected chi connectivity index (χ1v) is 12.3. The Balaban J connectivity index is 1.31. The Bertz CT molecular complexity index is 1190. The van der Waals surface area contributed by atoms with Gasteiger partial charge < -0.3 is 9.84 Å². The van der Waals surface area contributed by atoms with Crippen molar-refractivity contribution in [3.63, 3.8) is 0 Å². The largest absolute Gasteiger partial charge is 0.339 e. The Kier molecular flexibility index (Phi) is 6.27. The molecular weight excluding hydrogens is 428 g/mol. The number of sulfonamides is 1. The molecular formula is C23H26N4O4S. The van der Waals surface area contributed by atoms with Crippen LogP contribution in [0.1, 0.15) is 44.1 Å². The van der Waals surface area contributed by atoms with E-state index in [1.165, 1.54) is 9.87 Å². The van der Waals surface area contributed by atoms with Crippen LogP contribution < -0.4 is 9.62 Å². The van der Waals surface area contributed by atoms with Gasteiger partial charge in [-0.05, 0) is 42.2 Å². The molecule has 0 aliphatic carbocycles. The molecule has 8 nitrogen and oxygen atoms in total. The van der Waals surface area contributed by atoms with E-state index in [1.807, 2.05) is 24.3 Å². The lowest BCUT2D eigenvalue weighted by Crippen LogP contribution is -2.25. The van der Waals surface area contributed by atoms with E-state index in [1.54, 1.807) is 24.3 Å². The van der Waals surface area contributed by atoms with E-state index in [4.69, 9.17) is 4.52 Å². The number of hydrogen-bond acceptors (Lipinski definition) is 6. The number of aromatic nitrogens is 2. The van der Waals surface area contributed by atoms with Crippen LogP contribution >= 0.6 is 0 Å². The number of amides is 1. The molecule has 1 saturated heterocycles. The van der Waals surface area contributed by atoms with Gasteiger partial charge in [0.25, 0.3) is 0 Å². The number of nitrogens with one attached hydrogen (secondary N) is 1. The summed E-state index contributed by atoms with van der Waals surface area (Å²) in [6.07, 6.45) is 1.14. The number of nitrogens with zero attached hydrogens (tertiary/aromatic N) is 3. The van der Waals surface area contributed by atoms with Crippen molar-refractivity contribution in [1.29, 1.82) is 0 Å². The second-order valence-electron chi connectivity index (χ2n) is 8.13. The molecule has 4 rings (SSSR count). The first kappa shape index (κ1) is 22.0. The molecule has 9 heteroatoms. The molecule has 0 saturated carbocycles. The maximum atomic E-state index is 12.3. The summed E-state index contributed by atoms with van der Waals surface area (Å²) in [4.78, 5) is 16.7. The van der Waals surface area contributed by atoms with Crippen molar-refractivity contribution >= 4 is 27.3 Å². The zero-order chi connectivity index (χ0) is 22.7. The summed E-state index contributed by atoms with van der Waals surface area (Å²) in [5, 5.41) is 6.82. The van der Waals surface area contributed by atoms with Crippen molar-refractivity contribution in [3.05, 3.63) is 60.0 Å². The van der Waals surface area contributed by atoms with Gasteiger partial charge in [0.05, 0.1) is 11.4 Å². The van der Waals surface area contributed by atoms with Gasteiger partial charge in [-0.3, -0.25) is 9.10 Å². The molecule has 0 spiro atoms. The summed E-state index contributed by atoms with van der Waals surface area (Å²) < 4.78 is 30.7. The van der Waals surface area contributed by atoms with Gasteiger partial charge in [0.15, 0.2) is 0 Å². The normalized spacial score (nSPS) is 15.3. The molecule has 1 aliphatic rings. The maximum absolute atomic E-state index is 12.3. The van der Waals surface area contributed by atoms with Crippen LogP contribution in [0.15, 0.2) is 53.1 Å². The molecule has 1 aromatic heterocycles. The second-order valence-corrected chi connectivity index (χ2v) is 10.1. The number of hydrogen-bond donors (Lipinski definition) is 1. The Morgan fingerprint density at radius 3 is 2.47 bits per heavy atom. The van der Waals surface area contributed by atoms with Crippen LogP contribution in [-0.4, -0.2) is 36.8 Å². The fourth-order valence-electron chi connectivity index (χ4n) is 3.58. The number of benzene rings is 2. The lowest BCUT2D eigenvalue weighted by molar-refractivity contribution is -0.116. The van der Waals surface area contributed by atoms with E-state index in [0.717, 1.165) is 5.56 Å². The average molecular weight is 455 g/mol. The summed E-state index contributed by atoms with van der Waals surface area (Å²) >= 11 is 0. The number of anilines is 2. The molecule has 0 unspecified atom stereocenters. The van der Waals surface area contributed by atoms with Crippen LogP contribution in [0.25, 0.3) is 11.4 Å². The van der Waals surface area contributed by atoms with Gasteiger partial charge >= 0.3 is 0 Å². The number of aryl methyl sites for hydroxylation is 1. The highest BCUT2D eigenvalue weighted by Gasteiger charge is 2.28. The van der Waals surface area contributed by atoms with Gasteiger partial charge in [0.1, 0.15) is 0 Å². The monoisotopic (exact) mass is 454 g/mol.